The second-order valence-corrected chi connectivity index (χ2v) is 9.71. The Hall–Kier alpha value is -2.48. The van der Waals surface area contributed by atoms with E-state index in [-0.39, 0.29) is 0 Å². The van der Waals surface area contributed by atoms with Crippen LogP contribution < -0.4 is 4.90 Å². The van der Waals surface area contributed by atoms with Crippen LogP contribution in [0.4, 0.5) is 5.95 Å². The molecule has 3 aromatic rings. The maximum Gasteiger partial charge on any atom is 0.227 e. The van der Waals surface area contributed by atoms with Crippen molar-refractivity contribution in [2.45, 2.75) is 45.3 Å². The van der Waals surface area contributed by atoms with Gasteiger partial charge >= 0.3 is 0 Å². The van der Waals surface area contributed by atoms with Gasteiger partial charge in [0.25, 0.3) is 0 Å². The maximum absolute atomic E-state index is 6.13. The number of aryl methyl sites for hydroxylation is 2. The molecule has 33 heavy (non-hydrogen) atoms. The van der Waals surface area contributed by atoms with Crippen LogP contribution in [-0.4, -0.2) is 74.5 Å². The molecule has 5 rings (SSSR count). The second-order valence-electron chi connectivity index (χ2n) is 9.28. The third-order valence-corrected chi connectivity index (χ3v) is 7.43. The van der Waals surface area contributed by atoms with E-state index < -0.39 is 0 Å². The number of piperazine rings is 1. The number of rotatable bonds is 5. The van der Waals surface area contributed by atoms with Crippen LogP contribution >= 0.6 is 11.6 Å². The van der Waals surface area contributed by atoms with Gasteiger partial charge in [0.2, 0.25) is 5.95 Å². The molecule has 2 aromatic heterocycles. The van der Waals surface area contributed by atoms with Crippen LogP contribution in [0.1, 0.15) is 29.7 Å². The molecule has 1 atom stereocenters. The molecule has 0 aliphatic carbocycles. The van der Waals surface area contributed by atoms with Crippen LogP contribution in [0.15, 0.2) is 37.2 Å². The number of piperidine rings is 1. The molecule has 7 nitrogen and oxygen atoms in total. The first kappa shape index (κ1) is 22.3. The first-order valence-electron chi connectivity index (χ1n) is 11.8. The Labute approximate surface area is 200 Å². The van der Waals surface area contributed by atoms with Crippen LogP contribution in [0.2, 0.25) is 5.02 Å². The molecule has 1 N–H and O–H groups in total. The van der Waals surface area contributed by atoms with Crippen molar-refractivity contribution >= 4 is 28.7 Å². The SMILES string of the molecule is C=C[C@H]1CN(c2nc(C)c3[nH]cnc3n2)CCN1C1CCN(Cc2ccc(Cl)cc2C)CC1. The normalized spacial score (nSPS) is 21.1. The fraction of sp³-hybridized carbons (Fsp3) is 0.480. The summed E-state index contributed by atoms with van der Waals surface area (Å²) in [5, 5.41) is 0.814. The van der Waals surface area contributed by atoms with E-state index >= 15 is 0 Å². The summed E-state index contributed by atoms with van der Waals surface area (Å²) in [5.74, 6) is 0.770. The minimum atomic E-state index is 0.299. The molecule has 8 heteroatoms. The van der Waals surface area contributed by atoms with Crippen LogP contribution in [0.5, 0.6) is 0 Å². The molecule has 2 fully saturated rings. The van der Waals surface area contributed by atoms with Gasteiger partial charge in [0, 0.05) is 43.3 Å². The topological polar surface area (TPSA) is 64.2 Å². The highest BCUT2D eigenvalue weighted by molar-refractivity contribution is 6.30. The zero-order valence-corrected chi connectivity index (χ0v) is 20.2. The molecular formula is C25H32ClN7. The minimum Gasteiger partial charge on any atom is -0.342 e. The van der Waals surface area contributed by atoms with Gasteiger partial charge in [-0.1, -0.05) is 23.7 Å². The number of hydrogen-bond donors (Lipinski definition) is 1. The van der Waals surface area contributed by atoms with Crippen molar-refractivity contribution in [1.82, 2.24) is 29.7 Å². The van der Waals surface area contributed by atoms with E-state index in [4.69, 9.17) is 21.6 Å². The predicted molar refractivity (Wildman–Crippen MR) is 134 cm³/mol. The van der Waals surface area contributed by atoms with Crippen molar-refractivity contribution in [2.24, 2.45) is 0 Å². The number of aromatic amines is 1. The first-order valence-corrected chi connectivity index (χ1v) is 12.2. The number of benzene rings is 1. The van der Waals surface area contributed by atoms with Gasteiger partial charge in [-0.3, -0.25) is 9.80 Å². The molecule has 0 radical (unpaired) electrons. The Balaban J connectivity index is 1.20. The number of H-pyrrole nitrogens is 1. The maximum atomic E-state index is 6.13. The summed E-state index contributed by atoms with van der Waals surface area (Å²) < 4.78 is 0. The molecule has 0 spiro atoms. The van der Waals surface area contributed by atoms with Crippen molar-refractivity contribution < 1.29 is 0 Å². The number of halogens is 1. The molecule has 0 saturated carbocycles. The quantitative estimate of drug-likeness (QED) is 0.575. The predicted octanol–water partition coefficient (Wildman–Crippen LogP) is 3.96. The number of imidazole rings is 1. The highest BCUT2D eigenvalue weighted by Gasteiger charge is 2.33. The molecule has 1 aromatic carbocycles. The zero-order chi connectivity index (χ0) is 22.9. The summed E-state index contributed by atoms with van der Waals surface area (Å²) in [6.07, 6.45) is 6.15. The zero-order valence-electron chi connectivity index (χ0n) is 19.5. The van der Waals surface area contributed by atoms with Gasteiger partial charge in [-0.15, -0.1) is 6.58 Å². The molecule has 2 aliphatic heterocycles. The molecule has 4 heterocycles. The minimum absolute atomic E-state index is 0.299. The number of nitrogens with one attached hydrogen (secondary N) is 1. The summed E-state index contributed by atoms with van der Waals surface area (Å²) in [5.41, 5.74) is 5.24. The molecule has 0 amide bonds. The number of aromatic nitrogens is 4. The van der Waals surface area contributed by atoms with Crippen LogP contribution in [0.25, 0.3) is 11.2 Å². The molecule has 2 saturated heterocycles. The highest BCUT2D eigenvalue weighted by atomic mass is 35.5. The Kier molecular flexibility index (Phi) is 6.36. The van der Waals surface area contributed by atoms with Gasteiger partial charge in [-0.25, -0.2) is 9.97 Å². The standard InChI is InChI=1S/C25H32ClN7/c1-4-21-15-32(25-29-18(3)23-24(30-25)28-16-27-23)11-12-33(21)22-7-9-31(10-8-22)14-19-5-6-20(26)13-17(19)2/h4-6,13,16,21-22H,1,7-12,14-15H2,2-3H3,(H,27,28,29,30)/t21-/m0/s1. The monoisotopic (exact) mass is 465 g/mol. The van der Waals surface area contributed by atoms with Crippen molar-refractivity contribution in [2.75, 3.05) is 37.6 Å². The Morgan fingerprint density at radius 2 is 1.97 bits per heavy atom. The number of nitrogens with zero attached hydrogens (tertiary/aromatic N) is 6. The molecule has 0 unspecified atom stereocenters. The van der Waals surface area contributed by atoms with Crippen molar-refractivity contribution in [1.29, 1.82) is 0 Å². The third-order valence-electron chi connectivity index (χ3n) is 7.20. The van der Waals surface area contributed by atoms with Gasteiger partial charge in [-0.05, 0) is 63.0 Å². The summed E-state index contributed by atoms with van der Waals surface area (Å²) in [6.45, 7) is 14.3. The Morgan fingerprint density at radius 3 is 2.73 bits per heavy atom. The van der Waals surface area contributed by atoms with E-state index in [1.165, 1.54) is 24.0 Å². The van der Waals surface area contributed by atoms with E-state index in [2.05, 4.69) is 56.4 Å². The fourth-order valence-corrected chi connectivity index (χ4v) is 5.49. The lowest BCUT2D eigenvalue weighted by molar-refractivity contribution is 0.0780. The number of anilines is 1. The average molecular weight is 466 g/mol. The molecule has 2 aliphatic rings. The average Bonchev–Trinajstić information content (AvgIpc) is 3.30. The van der Waals surface area contributed by atoms with E-state index in [1.54, 1.807) is 6.33 Å². The van der Waals surface area contributed by atoms with Gasteiger partial charge in [0.05, 0.1) is 12.0 Å². The van der Waals surface area contributed by atoms with E-state index in [0.717, 1.165) is 67.1 Å². The molecule has 0 bridgehead atoms. The van der Waals surface area contributed by atoms with Crippen LogP contribution in [0.3, 0.4) is 0 Å². The Morgan fingerprint density at radius 1 is 1.15 bits per heavy atom. The lowest BCUT2D eigenvalue weighted by Gasteiger charge is -2.46. The summed E-state index contributed by atoms with van der Waals surface area (Å²) >= 11 is 6.13. The van der Waals surface area contributed by atoms with E-state index in [1.807, 2.05) is 13.0 Å². The van der Waals surface area contributed by atoms with Gasteiger partial charge < -0.3 is 9.88 Å². The largest absolute Gasteiger partial charge is 0.342 e. The van der Waals surface area contributed by atoms with Gasteiger partial charge in [-0.2, -0.15) is 4.98 Å². The van der Waals surface area contributed by atoms with Crippen LogP contribution in [-0.2, 0) is 6.54 Å². The number of fused-ring (bicyclic) bond motifs is 1. The summed E-state index contributed by atoms with van der Waals surface area (Å²) in [4.78, 5) is 24.4. The van der Waals surface area contributed by atoms with E-state index in [9.17, 15) is 0 Å². The first-order chi connectivity index (χ1) is 16.0. The van der Waals surface area contributed by atoms with Crippen molar-refractivity contribution in [3.05, 3.63) is 59.0 Å². The highest BCUT2D eigenvalue weighted by Crippen LogP contribution is 2.26. The number of hydrogen-bond acceptors (Lipinski definition) is 6. The second kappa shape index (κ2) is 9.41. The summed E-state index contributed by atoms with van der Waals surface area (Å²) in [6, 6.07) is 7.12. The van der Waals surface area contributed by atoms with E-state index in [0.29, 0.717) is 12.1 Å². The smallest absolute Gasteiger partial charge is 0.227 e. The van der Waals surface area contributed by atoms with Crippen molar-refractivity contribution in [3.8, 4) is 0 Å². The fourth-order valence-electron chi connectivity index (χ4n) is 5.26. The van der Waals surface area contributed by atoms with Gasteiger partial charge in [0.1, 0.15) is 5.52 Å². The van der Waals surface area contributed by atoms with Gasteiger partial charge in [0.15, 0.2) is 5.65 Å². The Bertz CT molecular complexity index is 1130. The van der Waals surface area contributed by atoms with Crippen molar-refractivity contribution in [3.63, 3.8) is 0 Å². The lowest BCUT2D eigenvalue weighted by Crippen LogP contribution is -2.58. The van der Waals surface area contributed by atoms with Crippen LogP contribution in [0, 0.1) is 13.8 Å². The third kappa shape index (κ3) is 4.63. The molecule has 174 valence electrons. The lowest BCUT2D eigenvalue weighted by atomic mass is 9.98. The molecular weight excluding hydrogens is 434 g/mol. The number of likely N-dealkylation sites (tertiary alicyclic amines) is 1. The summed E-state index contributed by atoms with van der Waals surface area (Å²) in [7, 11) is 0.